The van der Waals surface area contributed by atoms with Crippen LogP contribution in [0.25, 0.3) is 0 Å². The van der Waals surface area contributed by atoms with E-state index in [2.05, 4.69) is 10.6 Å². The highest BCUT2D eigenvalue weighted by Crippen LogP contribution is 2.17. The van der Waals surface area contributed by atoms with E-state index in [9.17, 15) is 4.79 Å². The summed E-state index contributed by atoms with van der Waals surface area (Å²) in [6, 6.07) is 10.2. The third-order valence-electron chi connectivity index (χ3n) is 3.44. The van der Waals surface area contributed by atoms with Crippen LogP contribution in [0, 0.1) is 0 Å². The lowest BCUT2D eigenvalue weighted by molar-refractivity contribution is -0.115. The molecule has 0 aromatic heterocycles. The van der Waals surface area contributed by atoms with Gasteiger partial charge in [-0.25, -0.2) is 0 Å². The molecule has 1 fully saturated rings. The van der Waals surface area contributed by atoms with Crippen LogP contribution >= 0.6 is 12.2 Å². The van der Waals surface area contributed by atoms with Crippen molar-refractivity contribution in [1.29, 1.82) is 0 Å². The van der Waals surface area contributed by atoms with E-state index in [0.717, 1.165) is 18.4 Å². The Balaban J connectivity index is 1.74. The average molecular weight is 276 g/mol. The quantitative estimate of drug-likeness (QED) is 0.834. The zero-order valence-electron chi connectivity index (χ0n) is 11.0. The molecule has 0 aliphatic heterocycles. The SMILES string of the molecule is O=C(NC1CCCCC1)C(=S)NCc1ccccc1. The van der Waals surface area contributed by atoms with Gasteiger partial charge in [-0.2, -0.15) is 0 Å². The van der Waals surface area contributed by atoms with Gasteiger partial charge in [0.15, 0.2) is 4.99 Å². The van der Waals surface area contributed by atoms with Crippen molar-refractivity contribution in [2.75, 3.05) is 0 Å². The van der Waals surface area contributed by atoms with Crippen LogP contribution in [-0.4, -0.2) is 16.9 Å². The van der Waals surface area contributed by atoms with Gasteiger partial charge in [0.25, 0.3) is 5.91 Å². The molecule has 0 spiro atoms. The van der Waals surface area contributed by atoms with E-state index < -0.39 is 0 Å². The maximum Gasteiger partial charge on any atom is 0.278 e. The van der Waals surface area contributed by atoms with E-state index in [-0.39, 0.29) is 10.9 Å². The molecule has 1 aromatic carbocycles. The molecule has 1 aliphatic rings. The number of thiocarbonyl (C=S) groups is 1. The molecule has 102 valence electrons. The van der Waals surface area contributed by atoms with Gasteiger partial charge in [0.2, 0.25) is 0 Å². The second kappa shape index (κ2) is 7.24. The van der Waals surface area contributed by atoms with Crippen molar-refractivity contribution in [2.24, 2.45) is 0 Å². The van der Waals surface area contributed by atoms with Gasteiger partial charge in [0, 0.05) is 12.6 Å². The number of hydrogen-bond donors (Lipinski definition) is 2. The van der Waals surface area contributed by atoms with E-state index in [0.29, 0.717) is 12.6 Å². The second-order valence-corrected chi connectivity index (χ2v) is 5.38. The fraction of sp³-hybridized carbons (Fsp3) is 0.467. The number of rotatable bonds is 3. The van der Waals surface area contributed by atoms with E-state index >= 15 is 0 Å². The van der Waals surface area contributed by atoms with Gasteiger partial charge in [-0.3, -0.25) is 4.79 Å². The molecule has 0 heterocycles. The first-order valence-corrected chi connectivity index (χ1v) is 7.29. The van der Waals surface area contributed by atoms with Crippen LogP contribution in [0.15, 0.2) is 30.3 Å². The molecule has 19 heavy (non-hydrogen) atoms. The minimum Gasteiger partial charge on any atom is -0.368 e. The van der Waals surface area contributed by atoms with Crippen molar-refractivity contribution in [2.45, 2.75) is 44.7 Å². The highest BCUT2D eigenvalue weighted by atomic mass is 32.1. The molecule has 0 saturated heterocycles. The Kier molecular flexibility index (Phi) is 5.33. The van der Waals surface area contributed by atoms with Crippen LogP contribution in [0.2, 0.25) is 0 Å². The lowest BCUT2D eigenvalue weighted by atomic mass is 9.95. The number of hydrogen-bond acceptors (Lipinski definition) is 2. The molecule has 1 amide bonds. The minimum atomic E-state index is -0.141. The lowest BCUT2D eigenvalue weighted by Crippen LogP contribution is -2.44. The number of amides is 1. The molecular weight excluding hydrogens is 256 g/mol. The summed E-state index contributed by atoms with van der Waals surface area (Å²) in [4.78, 5) is 12.2. The molecule has 0 atom stereocenters. The Morgan fingerprint density at radius 1 is 1.16 bits per heavy atom. The Labute approximate surface area is 119 Å². The fourth-order valence-corrected chi connectivity index (χ4v) is 2.49. The number of benzene rings is 1. The number of carbonyl (C=O) groups excluding carboxylic acids is 1. The lowest BCUT2D eigenvalue weighted by Gasteiger charge is -2.23. The van der Waals surface area contributed by atoms with Crippen LogP contribution in [0.1, 0.15) is 37.7 Å². The largest absolute Gasteiger partial charge is 0.368 e. The third kappa shape index (κ3) is 4.63. The van der Waals surface area contributed by atoms with Crippen molar-refractivity contribution in [3.05, 3.63) is 35.9 Å². The monoisotopic (exact) mass is 276 g/mol. The first-order valence-electron chi connectivity index (χ1n) is 6.88. The first-order chi connectivity index (χ1) is 9.25. The van der Waals surface area contributed by atoms with Gasteiger partial charge in [-0.1, -0.05) is 61.8 Å². The molecule has 1 aliphatic carbocycles. The molecule has 4 heteroatoms. The predicted octanol–water partition coefficient (Wildman–Crippen LogP) is 2.55. The third-order valence-corrected chi connectivity index (χ3v) is 3.77. The van der Waals surface area contributed by atoms with Crippen LogP contribution in [0.5, 0.6) is 0 Å². The van der Waals surface area contributed by atoms with E-state index in [4.69, 9.17) is 12.2 Å². The Hall–Kier alpha value is -1.42. The fourth-order valence-electron chi connectivity index (χ4n) is 2.36. The molecule has 3 nitrogen and oxygen atoms in total. The zero-order chi connectivity index (χ0) is 13.5. The van der Waals surface area contributed by atoms with Crippen LogP contribution in [-0.2, 0) is 11.3 Å². The van der Waals surface area contributed by atoms with Gasteiger partial charge in [-0.05, 0) is 18.4 Å². The normalized spacial score (nSPS) is 15.8. The summed E-state index contributed by atoms with van der Waals surface area (Å²) in [6.45, 7) is 0.595. The number of carbonyl (C=O) groups is 1. The maximum absolute atomic E-state index is 11.9. The van der Waals surface area contributed by atoms with E-state index in [1.807, 2.05) is 30.3 Å². The highest BCUT2D eigenvalue weighted by Gasteiger charge is 2.17. The standard InChI is InChI=1S/C15H20N2OS/c18-14(17-13-9-5-2-6-10-13)15(19)16-11-12-7-3-1-4-8-12/h1,3-4,7-8,13H,2,5-6,9-11H2,(H,16,19)(H,17,18). The van der Waals surface area contributed by atoms with E-state index in [1.54, 1.807) is 0 Å². The minimum absolute atomic E-state index is 0.141. The average Bonchev–Trinajstić information content (AvgIpc) is 2.47. The molecule has 0 radical (unpaired) electrons. The molecule has 0 bridgehead atoms. The van der Waals surface area contributed by atoms with Crippen LogP contribution in [0.3, 0.4) is 0 Å². The predicted molar refractivity (Wildman–Crippen MR) is 80.9 cm³/mol. The summed E-state index contributed by atoms with van der Waals surface area (Å²) in [5.41, 5.74) is 1.12. The van der Waals surface area contributed by atoms with Crippen molar-refractivity contribution in [1.82, 2.24) is 10.6 Å². The smallest absolute Gasteiger partial charge is 0.278 e. The zero-order valence-corrected chi connectivity index (χ0v) is 11.8. The highest BCUT2D eigenvalue weighted by molar-refractivity contribution is 7.82. The van der Waals surface area contributed by atoms with Crippen LogP contribution < -0.4 is 10.6 Å². The Morgan fingerprint density at radius 2 is 1.84 bits per heavy atom. The summed E-state index contributed by atoms with van der Waals surface area (Å²) >= 11 is 5.12. The number of nitrogens with one attached hydrogen (secondary N) is 2. The van der Waals surface area contributed by atoms with Gasteiger partial charge in [0.05, 0.1) is 0 Å². The maximum atomic E-state index is 11.9. The molecule has 2 N–H and O–H groups in total. The molecule has 2 rings (SSSR count). The second-order valence-electron chi connectivity index (χ2n) is 4.98. The Morgan fingerprint density at radius 3 is 2.53 bits per heavy atom. The van der Waals surface area contributed by atoms with Gasteiger partial charge >= 0.3 is 0 Å². The van der Waals surface area contributed by atoms with Crippen LogP contribution in [0.4, 0.5) is 0 Å². The molecular formula is C15H20N2OS. The van der Waals surface area contributed by atoms with Crippen molar-refractivity contribution >= 4 is 23.1 Å². The Bertz CT molecular complexity index is 427. The molecule has 0 unspecified atom stereocenters. The summed E-state index contributed by atoms with van der Waals surface area (Å²) in [6.07, 6.45) is 5.84. The van der Waals surface area contributed by atoms with E-state index in [1.165, 1.54) is 19.3 Å². The summed E-state index contributed by atoms with van der Waals surface area (Å²) < 4.78 is 0. The first kappa shape index (κ1) is 14.0. The van der Waals surface area contributed by atoms with Crippen molar-refractivity contribution in [3.8, 4) is 0 Å². The van der Waals surface area contributed by atoms with Gasteiger partial charge < -0.3 is 10.6 Å². The van der Waals surface area contributed by atoms with Crippen molar-refractivity contribution in [3.63, 3.8) is 0 Å². The molecule has 1 aromatic rings. The van der Waals surface area contributed by atoms with Gasteiger partial charge in [0.1, 0.15) is 0 Å². The topological polar surface area (TPSA) is 41.1 Å². The summed E-state index contributed by atoms with van der Waals surface area (Å²) in [5, 5.41) is 6.02. The van der Waals surface area contributed by atoms with Crippen molar-refractivity contribution < 1.29 is 4.79 Å². The molecule has 1 saturated carbocycles. The summed E-state index contributed by atoms with van der Waals surface area (Å²) in [7, 11) is 0. The summed E-state index contributed by atoms with van der Waals surface area (Å²) in [5.74, 6) is -0.141. The van der Waals surface area contributed by atoms with Gasteiger partial charge in [-0.15, -0.1) is 0 Å².